The number of carbonyl (C=O) groups excluding carboxylic acids is 1. The molecule has 1 N–H and O–H groups in total. The van der Waals surface area contributed by atoms with Crippen molar-refractivity contribution in [3.05, 3.63) is 84.3 Å². The van der Waals surface area contributed by atoms with Crippen molar-refractivity contribution in [1.29, 1.82) is 0 Å². The summed E-state index contributed by atoms with van der Waals surface area (Å²) in [6, 6.07) is 17.0. The van der Waals surface area contributed by atoms with Crippen LogP contribution < -0.4 is 5.32 Å². The van der Waals surface area contributed by atoms with Crippen molar-refractivity contribution in [3.63, 3.8) is 0 Å². The minimum absolute atomic E-state index is 0.127. The number of anilines is 1. The number of imidazole rings is 1. The Labute approximate surface area is 145 Å². The van der Waals surface area contributed by atoms with Gasteiger partial charge in [-0.05, 0) is 37.3 Å². The van der Waals surface area contributed by atoms with Crippen LogP contribution in [0.4, 0.5) is 5.69 Å². The van der Waals surface area contributed by atoms with Gasteiger partial charge in [-0.2, -0.15) is 0 Å². The first-order chi connectivity index (χ1) is 12.2. The summed E-state index contributed by atoms with van der Waals surface area (Å²) in [5, 5.41) is 2.94. The van der Waals surface area contributed by atoms with Crippen molar-refractivity contribution in [3.8, 4) is 11.3 Å². The molecule has 5 heteroatoms. The second-order valence-electron chi connectivity index (χ2n) is 5.86. The van der Waals surface area contributed by atoms with Gasteiger partial charge in [0.05, 0.1) is 5.69 Å². The van der Waals surface area contributed by atoms with E-state index in [1.54, 1.807) is 12.3 Å². The minimum Gasteiger partial charge on any atom is -0.322 e. The first-order valence-corrected chi connectivity index (χ1v) is 7.97. The molecule has 0 aliphatic rings. The molecule has 4 aromatic rings. The zero-order valence-electron chi connectivity index (χ0n) is 13.7. The maximum atomic E-state index is 12.4. The number of aryl methyl sites for hydroxylation is 1. The number of aromatic nitrogens is 3. The van der Waals surface area contributed by atoms with Crippen molar-refractivity contribution in [2.24, 2.45) is 0 Å². The zero-order valence-corrected chi connectivity index (χ0v) is 13.7. The lowest BCUT2D eigenvalue weighted by atomic mass is 10.1. The molecule has 0 spiro atoms. The Balaban J connectivity index is 1.62. The molecule has 0 unspecified atom stereocenters. The first-order valence-electron chi connectivity index (χ1n) is 7.97. The number of hydrogen-bond donors (Lipinski definition) is 1. The van der Waals surface area contributed by atoms with E-state index in [0.29, 0.717) is 11.3 Å². The summed E-state index contributed by atoms with van der Waals surface area (Å²) in [5.74, 6) is 0.518. The average molecular weight is 328 g/mol. The molecule has 5 nitrogen and oxygen atoms in total. The second-order valence-corrected chi connectivity index (χ2v) is 5.86. The van der Waals surface area contributed by atoms with Gasteiger partial charge in [-0.3, -0.25) is 9.20 Å². The number of hydrogen-bond acceptors (Lipinski definition) is 3. The molecule has 0 aliphatic carbocycles. The molecule has 0 bridgehead atoms. The smallest absolute Gasteiger partial charge is 0.255 e. The topological polar surface area (TPSA) is 59.3 Å². The highest BCUT2D eigenvalue weighted by molar-refractivity contribution is 6.04. The molecule has 0 fully saturated rings. The summed E-state index contributed by atoms with van der Waals surface area (Å²) < 4.78 is 1.87. The first kappa shape index (κ1) is 15.1. The van der Waals surface area contributed by atoms with Gasteiger partial charge in [-0.1, -0.05) is 29.8 Å². The van der Waals surface area contributed by atoms with Crippen LogP contribution in [0, 0.1) is 6.92 Å². The molecule has 0 saturated carbocycles. The van der Waals surface area contributed by atoms with E-state index in [9.17, 15) is 4.79 Å². The molecule has 0 saturated heterocycles. The lowest BCUT2D eigenvalue weighted by Gasteiger charge is -2.07. The lowest BCUT2D eigenvalue weighted by molar-refractivity contribution is 0.102. The van der Waals surface area contributed by atoms with Gasteiger partial charge in [0, 0.05) is 35.4 Å². The molecule has 2 heterocycles. The van der Waals surface area contributed by atoms with E-state index in [2.05, 4.69) is 15.3 Å². The molecular weight excluding hydrogens is 312 g/mol. The van der Waals surface area contributed by atoms with Gasteiger partial charge in [0.1, 0.15) is 0 Å². The van der Waals surface area contributed by atoms with E-state index >= 15 is 0 Å². The molecule has 0 radical (unpaired) electrons. The van der Waals surface area contributed by atoms with Gasteiger partial charge >= 0.3 is 0 Å². The van der Waals surface area contributed by atoms with Crippen molar-refractivity contribution in [2.75, 3.05) is 5.32 Å². The molecule has 4 rings (SSSR count). The highest BCUT2D eigenvalue weighted by Gasteiger charge is 2.09. The quantitative estimate of drug-likeness (QED) is 0.619. The number of fused-ring (bicyclic) bond motifs is 1. The van der Waals surface area contributed by atoms with E-state index in [0.717, 1.165) is 22.5 Å². The van der Waals surface area contributed by atoms with Gasteiger partial charge < -0.3 is 5.32 Å². The predicted octanol–water partition coefficient (Wildman–Crippen LogP) is 3.96. The Kier molecular flexibility index (Phi) is 3.74. The fourth-order valence-electron chi connectivity index (χ4n) is 2.71. The van der Waals surface area contributed by atoms with Crippen LogP contribution in [0.3, 0.4) is 0 Å². The maximum absolute atomic E-state index is 12.4. The number of nitrogens with zero attached hydrogens (tertiary/aromatic N) is 3. The Morgan fingerprint density at radius 2 is 1.96 bits per heavy atom. The summed E-state index contributed by atoms with van der Waals surface area (Å²) in [6.07, 6.45) is 5.54. The highest BCUT2D eigenvalue weighted by Crippen LogP contribution is 2.22. The molecule has 0 aliphatic heterocycles. The lowest BCUT2D eigenvalue weighted by Crippen LogP contribution is -2.11. The van der Waals surface area contributed by atoms with Gasteiger partial charge in [0.15, 0.2) is 0 Å². The van der Waals surface area contributed by atoms with Crippen molar-refractivity contribution < 1.29 is 4.79 Å². The van der Waals surface area contributed by atoms with E-state index in [1.807, 2.05) is 72.2 Å². The van der Waals surface area contributed by atoms with E-state index in [4.69, 9.17) is 0 Å². The van der Waals surface area contributed by atoms with Crippen LogP contribution in [0.5, 0.6) is 0 Å². The van der Waals surface area contributed by atoms with E-state index in [1.165, 1.54) is 0 Å². The number of amides is 1. The zero-order chi connectivity index (χ0) is 17.2. The van der Waals surface area contributed by atoms with Crippen molar-refractivity contribution in [1.82, 2.24) is 14.4 Å². The predicted molar refractivity (Wildman–Crippen MR) is 97.6 cm³/mol. The summed E-state index contributed by atoms with van der Waals surface area (Å²) in [4.78, 5) is 21.2. The third kappa shape index (κ3) is 3.12. The molecule has 1 amide bonds. The monoisotopic (exact) mass is 328 g/mol. The number of benzene rings is 2. The summed E-state index contributed by atoms with van der Waals surface area (Å²) in [7, 11) is 0. The van der Waals surface area contributed by atoms with E-state index < -0.39 is 0 Å². The number of carbonyl (C=O) groups is 1. The highest BCUT2D eigenvalue weighted by atomic mass is 16.1. The van der Waals surface area contributed by atoms with Gasteiger partial charge in [0.2, 0.25) is 5.78 Å². The molecule has 0 atom stereocenters. The van der Waals surface area contributed by atoms with E-state index in [-0.39, 0.29) is 5.91 Å². The number of rotatable bonds is 3. The van der Waals surface area contributed by atoms with Crippen LogP contribution in [-0.2, 0) is 0 Å². The number of nitrogens with one attached hydrogen (secondary N) is 1. The molecule has 2 aromatic carbocycles. The van der Waals surface area contributed by atoms with Crippen LogP contribution >= 0.6 is 0 Å². The van der Waals surface area contributed by atoms with Crippen LogP contribution in [0.15, 0.2) is 73.2 Å². The standard InChI is InChI=1S/C20H16N4O/c1-14-5-2-7-16(11-14)19(25)22-17-8-3-6-15(12-17)18-13-24-10-4-9-21-20(24)23-18/h2-13H,1H3,(H,22,25). The fourth-order valence-corrected chi connectivity index (χ4v) is 2.71. The summed E-state index contributed by atoms with van der Waals surface area (Å²) in [6.45, 7) is 1.97. The van der Waals surface area contributed by atoms with Crippen molar-refractivity contribution in [2.45, 2.75) is 6.92 Å². The normalized spacial score (nSPS) is 10.8. The van der Waals surface area contributed by atoms with Gasteiger partial charge in [-0.15, -0.1) is 0 Å². The molecular formula is C20H16N4O. The van der Waals surface area contributed by atoms with Gasteiger partial charge in [0.25, 0.3) is 5.91 Å². The summed E-state index contributed by atoms with van der Waals surface area (Å²) in [5.41, 5.74) is 4.16. The second kappa shape index (κ2) is 6.20. The molecule has 2 aromatic heterocycles. The average Bonchev–Trinajstić information content (AvgIpc) is 3.06. The molecule has 122 valence electrons. The Morgan fingerprint density at radius 3 is 2.80 bits per heavy atom. The Hall–Kier alpha value is -3.47. The molecule has 25 heavy (non-hydrogen) atoms. The van der Waals surface area contributed by atoms with Crippen LogP contribution in [0.25, 0.3) is 17.0 Å². The summed E-state index contributed by atoms with van der Waals surface area (Å²) >= 11 is 0. The SMILES string of the molecule is Cc1cccc(C(=O)Nc2cccc(-c3cn4cccnc4n3)c2)c1. The third-order valence-electron chi connectivity index (χ3n) is 3.93. The maximum Gasteiger partial charge on any atom is 0.255 e. The largest absolute Gasteiger partial charge is 0.322 e. The van der Waals surface area contributed by atoms with Gasteiger partial charge in [-0.25, -0.2) is 9.97 Å². The van der Waals surface area contributed by atoms with Crippen LogP contribution in [0.1, 0.15) is 15.9 Å². The Morgan fingerprint density at radius 1 is 1.08 bits per heavy atom. The fraction of sp³-hybridized carbons (Fsp3) is 0.0500. The minimum atomic E-state index is -0.127. The third-order valence-corrected chi connectivity index (χ3v) is 3.93. The Bertz CT molecular complexity index is 1030. The van der Waals surface area contributed by atoms with Crippen LogP contribution in [-0.4, -0.2) is 20.3 Å². The van der Waals surface area contributed by atoms with Crippen molar-refractivity contribution >= 4 is 17.4 Å². The van der Waals surface area contributed by atoms with Crippen LogP contribution in [0.2, 0.25) is 0 Å².